The SMILES string of the molecule is CNc1ccc(CNc2cc(-c3ccccc3)nc3c(Br)cnn23)c[n+]1O.COCCNc1ccc(CNc2cc(-c3ccccc3)nc3c(Br)cnn23)c[n+]1O.O[n+]1cc(CNc2cc(-c3ccccc3)nc3c(Br)cnn23)ccc1N1CCCC1.O[n+]1cc(CNc2cc(-c3ccccc3)nc3c(Br)cnn23)ccc1N1CCOCC1. The molecule has 0 aliphatic carbocycles. The number of benzene rings is 4. The van der Waals surface area contributed by atoms with Crippen molar-refractivity contribution >= 4 is 133 Å². The molecule has 2 aliphatic heterocycles. The van der Waals surface area contributed by atoms with E-state index in [1.165, 1.54) is 22.3 Å². The third kappa shape index (κ3) is 19.2. The molecular formula is C84H84Br4N24O6+4. The molecular weight excluding hydrogens is 1760 g/mol. The molecule has 600 valence electrons. The standard InChI is InChI=1S/C22H22BrN6O2.C22H22BrN6O.C21H21BrN6O2.C19H17BrN6O/c23-18-14-25-29-20(12-19(26-22(18)29)17-4-2-1-3-5-17)24-13-16-6-7-21(28(30)15-16)27-8-10-31-11-9-27;23-18-14-25-29-20(12-19(26-22(18)29)17-6-2-1-3-7-17)24-13-16-8-9-21(28(30)15-16)27-10-4-5-11-27;1-30-10-9-23-19-8-7-15(14-27(19)29)12-24-20-11-18(16-5-3-2-4-6-16)26-21-17(22)13-25-28(20)21;1-21-17-8-7-13(12-25(17)27)10-22-18-9-16(14-5-3-2-4-6-14)24-19-15(20)11-23-26(18)19/h1-7,12,14-15,24,30H,8-11,13H2;1-3,6-9,12,14-15,24,30H,4-5,10-11,13H2;2-8,11,13-14,29H,9-10,12H2,1H3,(H,24,25,26);2-9,11-12,27H,10H2,1H3,(H,22,23,24)/q2*+1;;/p+2. The molecule has 34 heteroatoms. The summed E-state index contributed by atoms with van der Waals surface area (Å²) >= 11 is 14.1. The number of morpholine rings is 1. The minimum Gasteiger partial charge on any atom is -0.381 e. The van der Waals surface area contributed by atoms with Gasteiger partial charge in [0, 0.05) is 126 Å². The van der Waals surface area contributed by atoms with Crippen LogP contribution in [-0.4, -0.2) is 146 Å². The van der Waals surface area contributed by atoms with E-state index in [2.05, 4.69) is 126 Å². The first-order valence-corrected chi connectivity index (χ1v) is 41.1. The van der Waals surface area contributed by atoms with Crippen molar-refractivity contribution in [1.29, 1.82) is 0 Å². The van der Waals surface area contributed by atoms with Gasteiger partial charge in [-0.1, -0.05) is 140 Å². The predicted molar refractivity (Wildman–Crippen MR) is 463 cm³/mol. The molecule has 18 rings (SSSR count). The molecule has 2 saturated heterocycles. The number of methoxy groups -OCH3 is 1. The third-order valence-electron chi connectivity index (χ3n) is 19.4. The van der Waals surface area contributed by atoms with Crippen LogP contribution in [0, 0.1) is 0 Å². The van der Waals surface area contributed by atoms with Crippen molar-refractivity contribution in [2.24, 2.45) is 0 Å². The summed E-state index contributed by atoms with van der Waals surface area (Å²) in [4.78, 5) is 23.3. The van der Waals surface area contributed by atoms with Crippen LogP contribution in [0.4, 0.5) is 46.5 Å². The number of rotatable bonds is 23. The first-order chi connectivity index (χ1) is 57.7. The average Bonchev–Trinajstić information content (AvgIpc) is 1.32. The smallest absolute Gasteiger partial charge is 0.316 e. The van der Waals surface area contributed by atoms with Crippen LogP contribution in [0.1, 0.15) is 35.1 Å². The summed E-state index contributed by atoms with van der Waals surface area (Å²) in [6.45, 7) is 8.12. The van der Waals surface area contributed by atoms with Gasteiger partial charge in [0.2, 0.25) is 0 Å². The topological polar surface area (TPSA) is 314 Å². The van der Waals surface area contributed by atoms with Gasteiger partial charge in [0.05, 0.1) is 105 Å². The van der Waals surface area contributed by atoms with E-state index in [1.807, 2.05) is 194 Å². The number of hydrogen-bond acceptors (Lipinski definition) is 22. The Bertz CT molecular complexity index is 6120. The van der Waals surface area contributed by atoms with Gasteiger partial charge >= 0.3 is 23.3 Å². The molecule has 10 N–H and O–H groups in total. The molecule has 0 amide bonds. The molecule has 4 aromatic carbocycles. The highest BCUT2D eigenvalue weighted by Gasteiger charge is 2.26. The minimum absolute atomic E-state index is 0.504. The summed E-state index contributed by atoms with van der Waals surface area (Å²) in [7, 11) is 3.40. The number of ether oxygens (including phenoxy) is 2. The van der Waals surface area contributed by atoms with E-state index in [-0.39, 0.29) is 0 Å². The summed E-state index contributed by atoms with van der Waals surface area (Å²) in [5.74, 6) is 6.08. The lowest BCUT2D eigenvalue weighted by atomic mass is 10.1. The Labute approximate surface area is 711 Å². The maximum Gasteiger partial charge on any atom is 0.316 e. The number of hydrogen-bond donors (Lipinski definition) is 10. The molecule has 0 saturated carbocycles. The van der Waals surface area contributed by atoms with Crippen molar-refractivity contribution in [3.63, 3.8) is 0 Å². The van der Waals surface area contributed by atoms with Crippen molar-refractivity contribution in [3.8, 4) is 45.0 Å². The van der Waals surface area contributed by atoms with Crippen LogP contribution in [-0.2, 0) is 35.7 Å². The number of pyridine rings is 4. The molecule has 30 nitrogen and oxygen atoms in total. The maximum absolute atomic E-state index is 10.5. The number of fused-ring (bicyclic) bond motifs is 4. The highest BCUT2D eigenvalue weighted by molar-refractivity contribution is 9.11. The predicted octanol–water partition coefficient (Wildman–Crippen LogP) is 13.7. The van der Waals surface area contributed by atoms with Gasteiger partial charge in [-0.05, 0) is 101 Å². The quantitative estimate of drug-likeness (QED) is 0.0162. The summed E-state index contributed by atoms with van der Waals surface area (Å²) in [6, 6.07) is 63.6. The maximum atomic E-state index is 10.5. The molecule has 2 fully saturated rings. The third-order valence-corrected chi connectivity index (χ3v) is 21.7. The van der Waals surface area contributed by atoms with Crippen LogP contribution in [0.15, 0.2) is 262 Å². The Morgan fingerprint density at radius 2 is 0.686 bits per heavy atom. The highest BCUT2D eigenvalue weighted by atomic mass is 79.9. The average molecular weight is 1850 g/mol. The molecule has 118 heavy (non-hydrogen) atoms. The van der Waals surface area contributed by atoms with Gasteiger partial charge in [0.25, 0.3) is 0 Å². The van der Waals surface area contributed by atoms with Gasteiger partial charge in [0.15, 0.2) is 22.6 Å². The second-order valence-corrected chi connectivity index (χ2v) is 30.8. The molecule has 0 radical (unpaired) electrons. The van der Waals surface area contributed by atoms with E-state index in [1.54, 1.807) is 81.8 Å². The van der Waals surface area contributed by atoms with Crippen LogP contribution in [0.5, 0.6) is 0 Å². The van der Waals surface area contributed by atoms with Gasteiger partial charge in [0.1, 0.15) is 67.7 Å². The normalized spacial score (nSPS) is 12.5. The second kappa shape index (κ2) is 38.0. The van der Waals surface area contributed by atoms with Crippen molar-refractivity contribution in [2.45, 2.75) is 39.0 Å². The van der Waals surface area contributed by atoms with E-state index in [0.29, 0.717) is 64.2 Å². The Hall–Kier alpha value is -12.6. The van der Waals surface area contributed by atoms with Gasteiger partial charge in [-0.15, -0.1) is 0 Å². The van der Waals surface area contributed by atoms with E-state index in [4.69, 9.17) is 29.4 Å². The summed E-state index contributed by atoms with van der Waals surface area (Å²) in [5, 5.41) is 78.4. The Morgan fingerprint density at radius 1 is 0.381 bits per heavy atom. The number of halogens is 4. The first kappa shape index (κ1) is 80.6. The summed E-state index contributed by atoms with van der Waals surface area (Å²) in [5.41, 5.74) is 14.3. The monoisotopic (exact) mass is 1840 g/mol. The Kier molecular flexibility index (Phi) is 25.9. The van der Waals surface area contributed by atoms with E-state index < -0.39 is 0 Å². The Balaban J connectivity index is 0.000000123. The molecule has 0 unspecified atom stereocenters. The summed E-state index contributed by atoms with van der Waals surface area (Å²) in [6.07, 6.45) is 16.1. The fourth-order valence-corrected chi connectivity index (χ4v) is 14.8. The van der Waals surface area contributed by atoms with Gasteiger partial charge in [-0.2, -0.15) is 38.5 Å². The molecule has 0 atom stereocenters. The lowest BCUT2D eigenvalue weighted by Gasteiger charge is -2.22. The first-order valence-electron chi connectivity index (χ1n) is 38.0. The van der Waals surface area contributed by atoms with Crippen LogP contribution in [0.3, 0.4) is 0 Å². The van der Waals surface area contributed by atoms with Crippen molar-refractivity contribution in [1.82, 2.24) is 58.4 Å². The molecule has 14 heterocycles. The van der Waals surface area contributed by atoms with Crippen molar-refractivity contribution < 1.29 is 49.2 Å². The molecule has 0 spiro atoms. The fraction of sp³-hybridized carbons (Fsp3) is 0.190. The number of nitrogens with zero attached hydrogens (tertiary/aromatic N) is 18. The van der Waals surface area contributed by atoms with Gasteiger partial charge in [-0.3, -0.25) is 20.4 Å². The number of anilines is 8. The lowest BCUT2D eigenvalue weighted by molar-refractivity contribution is -0.894. The highest BCUT2D eigenvalue weighted by Crippen LogP contribution is 2.32. The van der Waals surface area contributed by atoms with Crippen LogP contribution < -0.4 is 60.6 Å². The van der Waals surface area contributed by atoms with E-state index in [9.17, 15) is 20.8 Å². The van der Waals surface area contributed by atoms with E-state index >= 15 is 0 Å². The van der Waals surface area contributed by atoms with Crippen molar-refractivity contribution in [3.05, 3.63) is 284 Å². The summed E-state index contributed by atoms with van der Waals surface area (Å²) < 4.78 is 25.3. The molecule has 2 aliphatic rings. The number of aromatic nitrogens is 16. The molecule has 12 aromatic heterocycles. The van der Waals surface area contributed by atoms with Crippen LogP contribution >= 0.6 is 63.7 Å². The van der Waals surface area contributed by atoms with Gasteiger partial charge < -0.3 is 51.6 Å². The zero-order valence-corrected chi connectivity index (χ0v) is 70.5. The number of nitrogens with one attached hydrogen (secondary N) is 6. The lowest BCUT2D eigenvalue weighted by Crippen LogP contribution is -2.45. The Morgan fingerprint density at radius 3 is 0.992 bits per heavy atom. The van der Waals surface area contributed by atoms with Gasteiger partial charge in [-0.25, -0.2) is 19.9 Å². The van der Waals surface area contributed by atoms with E-state index in [0.717, 1.165) is 178 Å². The van der Waals surface area contributed by atoms with Crippen LogP contribution in [0.25, 0.3) is 67.6 Å². The molecule has 16 aromatic rings. The fourth-order valence-electron chi connectivity index (χ4n) is 13.4. The van der Waals surface area contributed by atoms with Crippen LogP contribution in [0.2, 0.25) is 0 Å². The largest absolute Gasteiger partial charge is 0.381 e. The zero-order chi connectivity index (χ0) is 81.4. The second-order valence-electron chi connectivity index (χ2n) is 27.4. The molecule has 0 bridgehead atoms. The zero-order valence-electron chi connectivity index (χ0n) is 64.2. The van der Waals surface area contributed by atoms with Crippen molar-refractivity contribution in [2.75, 3.05) is 108 Å². The minimum atomic E-state index is 0.504.